The maximum Gasteiger partial charge on any atom is 0.249 e. The number of ether oxygens (including phenoxy) is 1. The Hall–Kier alpha value is -2.56. The van der Waals surface area contributed by atoms with Gasteiger partial charge in [0.15, 0.2) is 5.82 Å². The molecule has 98 valence electrons. The summed E-state index contributed by atoms with van der Waals surface area (Å²) in [6.45, 7) is 1.76. The Bertz CT molecular complexity index is 602. The zero-order chi connectivity index (χ0) is 13.7. The molecule has 2 aromatic rings. The number of aryl methyl sites for hydroxylation is 1. The Morgan fingerprint density at radius 3 is 2.95 bits per heavy atom. The molecule has 5 nitrogen and oxygen atoms in total. The minimum atomic E-state index is -0.267. The first kappa shape index (κ1) is 12.9. The van der Waals surface area contributed by atoms with Crippen molar-refractivity contribution in [1.82, 2.24) is 5.16 Å². The van der Waals surface area contributed by atoms with Crippen molar-refractivity contribution in [3.05, 3.63) is 47.7 Å². The molecular formula is C14H14N2O3. The first-order chi connectivity index (χ1) is 9.17. The van der Waals surface area contributed by atoms with Gasteiger partial charge in [-0.05, 0) is 30.7 Å². The van der Waals surface area contributed by atoms with E-state index in [1.807, 2.05) is 24.3 Å². The zero-order valence-electron chi connectivity index (χ0n) is 10.7. The molecule has 0 bridgehead atoms. The third-order valence-electron chi connectivity index (χ3n) is 2.40. The van der Waals surface area contributed by atoms with E-state index in [4.69, 9.17) is 9.26 Å². The van der Waals surface area contributed by atoms with Crippen LogP contribution in [0.1, 0.15) is 11.3 Å². The molecule has 5 heteroatoms. The van der Waals surface area contributed by atoms with Crippen molar-refractivity contribution in [2.24, 2.45) is 0 Å². The topological polar surface area (TPSA) is 64.4 Å². The minimum absolute atomic E-state index is 0.267. The standard InChI is InChI=1S/C14H14N2O3/c1-10-8-13(16-19-10)15-14(17)7-6-11-4-3-5-12(9-11)18-2/h3-9H,1-2H3,(H,15,16,17)/b7-6+. The summed E-state index contributed by atoms with van der Waals surface area (Å²) in [6.07, 6.45) is 3.13. The van der Waals surface area contributed by atoms with Crippen LogP contribution in [0.15, 0.2) is 40.9 Å². The monoisotopic (exact) mass is 258 g/mol. The molecule has 1 aromatic carbocycles. The second kappa shape index (κ2) is 5.86. The van der Waals surface area contributed by atoms with Crippen LogP contribution in [0.5, 0.6) is 5.75 Å². The van der Waals surface area contributed by atoms with Gasteiger partial charge in [0.05, 0.1) is 7.11 Å². The van der Waals surface area contributed by atoms with E-state index >= 15 is 0 Å². The maximum absolute atomic E-state index is 11.6. The van der Waals surface area contributed by atoms with Crippen molar-refractivity contribution >= 4 is 17.8 Å². The summed E-state index contributed by atoms with van der Waals surface area (Å²) in [4.78, 5) is 11.6. The molecule has 0 atom stereocenters. The van der Waals surface area contributed by atoms with E-state index in [0.717, 1.165) is 11.3 Å². The summed E-state index contributed by atoms with van der Waals surface area (Å²) in [6, 6.07) is 9.07. The molecule has 0 spiro atoms. The van der Waals surface area contributed by atoms with Crippen molar-refractivity contribution in [2.75, 3.05) is 12.4 Å². The predicted molar refractivity (Wildman–Crippen MR) is 71.9 cm³/mol. The fraction of sp³-hybridized carbons (Fsp3) is 0.143. The number of methoxy groups -OCH3 is 1. The van der Waals surface area contributed by atoms with Crippen LogP contribution < -0.4 is 10.1 Å². The number of carbonyl (C=O) groups excluding carboxylic acids is 1. The first-order valence-corrected chi connectivity index (χ1v) is 5.74. The van der Waals surface area contributed by atoms with Crippen molar-refractivity contribution in [2.45, 2.75) is 6.92 Å². The molecule has 0 aliphatic heterocycles. The number of amides is 1. The smallest absolute Gasteiger partial charge is 0.249 e. The van der Waals surface area contributed by atoms with Gasteiger partial charge >= 0.3 is 0 Å². The van der Waals surface area contributed by atoms with E-state index in [-0.39, 0.29) is 5.91 Å². The SMILES string of the molecule is COc1cccc(/C=C/C(=O)Nc2cc(C)on2)c1. The van der Waals surface area contributed by atoms with Gasteiger partial charge in [-0.2, -0.15) is 0 Å². The van der Waals surface area contributed by atoms with E-state index in [9.17, 15) is 4.79 Å². The first-order valence-electron chi connectivity index (χ1n) is 5.74. The van der Waals surface area contributed by atoms with Gasteiger partial charge in [-0.15, -0.1) is 0 Å². The van der Waals surface area contributed by atoms with Gasteiger partial charge in [0.25, 0.3) is 0 Å². The van der Waals surface area contributed by atoms with Crippen LogP contribution in [0.4, 0.5) is 5.82 Å². The molecule has 0 aliphatic carbocycles. The Kier molecular flexibility index (Phi) is 3.97. The Labute approximate surface area is 110 Å². The van der Waals surface area contributed by atoms with Crippen molar-refractivity contribution in [3.63, 3.8) is 0 Å². The lowest BCUT2D eigenvalue weighted by Gasteiger charge is -2.00. The average Bonchev–Trinajstić information content (AvgIpc) is 2.82. The minimum Gasteiger partial charge on any atom is -0.497 e. The quantitative estimate of drug-likeness (QED) is 0.856. The Balaban J connectivity index is 1.99. The summed E-state index contributed by atoms with van der Waals surface area (Å²) >= 11 is 0. The van der Waals surface area contributed by atoms with Gasteiger partial charge in [0.2, 0.25) is 5.91 Å². The van der Waals surface area contributed by atoms with Crippen LogP contribution in [0.25, 0.3) is 6.08 Å². The van der Waals surface area contributed by atoms with E-state index in [0.29, 0.717) is 11.6 Å². The lowest BCUT2D eigenvalue weighted by Crippen LogP contribution is -2.07. The highest BCUT2D eigenvalue weighted by atomic mass is 16.5. The lowest BCUT2D eigenvalue weighted by molar-refractivity contribution is -0.111. The Morgan fingerprint density at radius 1 is 1.42 bits per heavy atom. The fourth-order valence-corrected chi connectivity index (χ4v) is 1.51. The second-order valence-corrected chi connectivity index (χ2v) is 3.92. The number of hydrogen-bond acceptors (Lipinski definition) is 4. The molecule has 0 saturated heterocycles. The van der Waals surface area contributed by atoms with Crippen LogP contribution in [0.2, 0.25) is 0 Å². The molecule has 0 radical (unpaired) electrons. The number of nitrogens with one attached hydrogen (secondary N) is 1. The third-order valence-corrected chi connectivity index (χ3v) is 2.40. The van der Waals surface area contributed by atoms with Gasteiger partial charge in [0, 0.05) is 12.1 Å². The molecule has 0 saturated carbocycles. The number of nitrogens with zero attached hydrogens (tertiary/aromatic N) is 1. The lowest BCUT2D eigenvalue weighted by atomic mass is 10.2. The molecule has 0 aliphatic rings. The van der Waals surface area contributed by atoms with Gasteiger partial charge in [-0.1, -0.05) is 17.3 Å². The summed E-state index contributed by atoms with van der Waals surface area (Å²) in [5.41, 5.74) is 0.880. The summed E-state index contributed by atoms with van der Waals surface area (Å²) in [7, 11) is 1.60. The van der Waals surface area contributed by atoms with E-state index in [1.165, 1.54) is 6.08 Å². The number of carbonyl (C=O) groups is 1. The number of rotatable bonds is 4. The largest absolute Gasteiger partial charge is 0.497 e. The van der Waals surface area contributed by atoms with Gasteiger partial charge < -0.3 is 14.6 Å². The highest BCUT2D eigenvalue weighted by Crippen LogP contribution is 2.13. The van der Waals surface area contributed by atoms with Crippen molar-refractivity contribution < 1.29 is 14.1 Å². The molecule has 1 aromatic heterocycles. The number of anilines is 1. The van der Waals surface area contributed by atoms with E-state index < -0.39 is 0 Å². The molecule has 0 unspecified atom stereocenters. The van der Waals surface area contributed by atoms with Gasteiger partial charge in [-0.25, -0.2) is 0 Å². The number of benzene rings is 1. The average molecular weight is 258 g/mol. The highest BCUT2D eigenvalue weighted by molar-refractivity contribution is 6.01. The third kappa shape index (κ3) is 3.70. The number of aromatic nitrogens is 1. The van der Waals surface area contributed by atoms with Crippen LogP contribution in [0.3, 0.4) is 0 Å². The fourth-order valence-electron chi connectivity index (χ4n) is 1.51. The highest BCUT2D eigenvalue weighted by Gasteiger charge is 2.02. The maximum atomic E-state index is 11.6. The molecule has 19 heavy (non-hydrogen) atoms. The summed E-state index contributed by atoms with van der Waals surface area (Å²) in [5, 5.41) is 6.28. The van der Waals surface area contributed by atoms with Crippen molar-refractivity contribution in [3.8, 4) is 5.75 Å². The molecule has 1 heterocycles. The normalized spacial score (nSPS) is 10.6. The zero-order valence-corrected chi connectivity index (χ0v) is 10.7. The van der Waals surface area contributed by atoms with Gasteiger partial charge in [0.1, 0.15) is 11.5 Å². The van der Waals surface area contributed by atoms with Crippen LogP contribution >= 0.6 is 0 Å². The van der Waals surface area contributed by atoms with Crippen LogP contribution in [-0.4, -0.2) is 18.2 Å². The predicted octanol–water partition coefficient (Wildman–Crippen LogP) is 2.64. The molecule has 1 amide bonds. The summed E-state index contributed by atoms with van der Waals surface area (Å²) < 4.78 is 9.96. The van der Waals surface area contributed by atoms with E-state index in [1.54, 1.807) is 26.2 Å². The molecule has 0 fully saturated rings. The Morgan fingerprint density at radius 2 is 2.26 bits per heavy atom. The van der Waals surface area contributed by atoms with Crippen molar-refractivity contribution in [1.29, 1.82) is 0 Å². The van der Waals surface area contributed by atoms with Crippen LogP contribution in [-0.2, 0) is 4.79 Å². The second-order valence-electron chi connectivity index (χ2n) is 3.92. The molecule has 2 rings (SSSR count). The number of hydrogen-bond donors (Lipinski definition) is 1. The van der Waals surface area contributed by atoms with Crippen LogP contribution in [0, 0.1) is 6.92 Å². The summed E-state index contributed by atoms with van der Waals surface area (Å²) in [5.74, 6) is 1.52. The van der Waals surface area contributed by atoms with Gasteiger partial charge in [-0.3, -0.25) is 4.79 Å². The molecule has 1 N–H and O–H groups in total. The van der Waals surface area contributed by atoms with E-state index in [2.05, 4.69) is 10.5 Å². The molecular weight excluding hydrogens is 244 g/mol.